The molecule has 0 spiro atoms. The largest absolute Gasteiger partial charge is 0.272 e. The summed E-state index contributed by atoms with van der Waals surface area (Å²) in [6.45, 7) is 7.18. The average Bonchev–Trinajstić information content (AvgIpc) is 2.81. The number of hydrogen-bond donors (Lipinski definition) is 0. The molecule has 0 bridgehead atoms. The van der Waals surface area contributed by atoms with Crippen LogP contribution in [0.15, 0.2) is 12.1 Å². The van der Waals surface area contributed by atoms with Crippen molar-refractivity contribution >= 4 is 11.8 Å². The van der Waals surface area contributed by atoms with E-state index < -0.39 is 0 Å². The van der Waals surface area contributed by atoms with E-state index in [1.807, 2.05) is 0 Å². The van der Waals surface area contributed by atoms with Crippen LogP contribution in [0, 0.1) is 27.7 Å². The predicted octanol–water partition coefficient (Wildman–Crippen LogP) is 1.68. The molecule has 6 heteroatoms. The van der Waals surface area contributed by atoms with Gasteiger partial charge in [0.15, 0.2) is 0 Å². The first-order valence-electron chi connectivity index (χ1n) is 6.01. The van der Waals surface area contributed by atoms with E-state index in [9.17, 15) is 9.59 Å². The highest BCUT2D eigenvalue weighted by Crippen LogP contribution is 2.06. The Balaban J connectivity index is 2.18. The van der Waals surface area contributed by atoms with Crippen LogP contribution in [-0.4, -0.2) is 31.4 Å². The highest BCUT2D eigenvalue weighted by molar-refractivity contribution is 5.98. The van der Waals surface area contributed by atoms with E-state index in [0.717, 1.165) is 22.8 Å². The zero-order valence-electron chi connectivity index (χ0n) is 11.5. The Morgan fingerprint density at radius 2 is 1.26 bits per heavy atom. The second kappa shape index (κ2) is 4.79. The van der Waals surface area contributed by atoms with E-state index in [-0.39, 0.29) is 18.2 Å². The fourth-order valence-electron chi connectivity index (χ4n) is 2.04. The first kappa shape index (κ1) is 13.2. The molecule has 0 atom stereocenters. The van der Waals surface area contributed by atoms with Gasteiger partial charge in [-0.05, 0) is 39.8 Å². The molecule has 2 aromatic heterocycles. The smallest absolute Gasteiger partial charge is 0.256 e. The van der Waals surface area contributed by atoms with Gasteiger partial charge in [-0.15, -0.1) is 0 Å². The number of nitrogens with zero attached hydrogens (tertiary/aromatic N) is 4. The van der Waals surface area contributed by atoms with Gasteiger partial charge in [0, 0.05) is 11.4 Å². The van der Waals surface area contributed by atoms with Crippen molar-refractivity contribution in [3.63, 3.8) is 0 Å². The van der Waals surface area contributed by atoms with Crippen LogP contribution >= 0.6 is 0 Å². The van der Waals surface area contributed by atoms with Gasteiger partial charge in [-0.25, -0.2) is 9.36 Å². The van der Waals surface area contributed by atoms with Crippen LogP contribution in [0.25, 0.3) is 0 Å². The third-order valence-corrected chi connectivity index (χ3v) is 2.79. The molecule has 0 fully saturated rings. The van der Waals surface area contributed by atoms with Crippen LogP contribution < -0.4 is 0 Å². The number of aryl methyl sites for hydroxylation is 4. The molecule has 0 aliphatic heterocycles. The molecule has 0 unspecified atom stereocenters. The Kier molecular flexibility index (Phi) is 3.33. The van der Waals surface area contributed by atoms with Gasteiger partial charge in [0.2, 0.25) is 0 Å². The number of aromatic nitrogens is 4. The zero-order valence-corrected chi connectivity index (χ0v) is 11.5. The van der Waals surface area contributed by atoms with Crippen molar-refractivity contribution in [2.45, 2.75) is 34.1 Å². The lowest BCUT2D eigenvalue weighted by molar-refractivity contribution is 0.0782. The van der Waals surface area contributed by atoms with Crippen molar-refractivity contribution in [1.82, 2.24) is 19.6 Å². The summed E-state index contributed by atoms with van der Waals surface area (Å²) in [5, 5.41) is 8.14. The number of rotatable bonds is 2. The third-order valence-electron chi connectivity index (χ3n) is 2.79. The van der Waals surface area contributed by atoms with Crippen molar-refractivity contribution in [3.05, 3.63) is 34.9 Å². The summed E-state index contributed by atoms with van der Waals surface area (Å²) in [6.07, 6.45) is -0.246. The van der Waals surface area contributed by atoms with Crippen molar-refractivity contribution < 1.29 is 9.59 Å². The van der Waals surface area contributed by atoms with Gasteiger partial charge in [0.1, 0.15) is 6.42 Å². The minimum atomic E-state index is -0.344. The van der Waals surface area contributed by atoms with Gasteiger partial charge < -0.3 is 0 Å². The summed E-state index contributed by atoms with van der Waals surface area (Å²) in [5.74, 6) is -0.689. The molecule has 0 radical (unpaired) electrons. The van der Waals surface area contributed by atoms with Gasteiger partial charge >= 0.3 is 0 Å². The Morgan fingerprint density at radius 1 is 0.895 bits per heavy atom. The molecule has 2 rings (SSSR count). The summed E-state index contributed by atoms with van der Waals surface area (Å²) in [6, 6.07) is 3.59. The molecule has 6 nitrogen and oxygen atoms in total. The van der Waals surface area contributed by atoms with Crippen molar-refractivity contribution in [2.75, 3.05) is 0 Å². The molecule has 2 aromatic rings. The number of hydrogen-bond acceptors (Lipinski definition) is 4. The predicted molar refractivity (Wildman–Crippen MR) is 69.3 cm³/mol. The van der Waals surface area contributed by atoms with Crippen molar-refractivity contribution in [3.8, 4) is 0 Å². The topological polar surface area (TPSA) is 69.8 Å². The SMILES string of the molecule is Cc1cc(C)n(C(=O)CC(=O)n2nc(C)cc2C)n1. The molecule has 0 N–H and O–H groups in total. The lowest BCUT2D eigenvalue weighted by atomic mass is 10.3. The molecular formula is C13H16N4O2. The fraction of sp³-hybridized carbons (Fsp3) is 0.385. The molecule has 0 amide bonds. The Labute approximate surface area is 111 Å². The Morgan fingerprint density at radius 3 is 1.53 bits per heavy atom. The molecule has 2 heterocycles. The molecule has 100 valence electrons. The van der Waals surface area contributed by atoms with Crippen molar-refractivity contribution in [2.24, 2.45) is 0 Å². The normalized spacial score (nSPS) is 10.7. The standard InChI is InChI=1S/C13H16N4O2/c1-8-5-10(3)16(14-8)12(18)7-13(19)17-11(4)6-9(2)15-17/h5-6H,7H2,1-4H3. The number of carbonyl (C=O) groups is 2. The minimum absolute atomic E-state index is 0.246. The maximum atomic E-state index is 12.0. The second-order valence-corrected chi connectivity index (χ2v) is 4.64. The molecule has 0 aromatic carbocycles. The Hall–Kier alpha value is -2.24. The average molecular weight is 260 g/mol. The first-order valence-corrected chi connectivity index (χ1v) is 6.01. The highest BCUT2D eigenvalue weighted by Gasteiger charge is 2.18. The summed E-state index contributed by atoms with van der Waals surface area (Å²) in [4.78, 5) is 24.0. The maximum Gasteiger partial charge on any atom is 0.256 e. The van der Waals surface area contributed by atoms with E-state index in [1.165, 1.54) is 9.36 Å². The summed E-state index contributed by atoms with van der Waals surface area (Å²) < 4.78 is 2.53. The van der Waals surface area contributed by atoms with Crippen LogP contribution in [0.2, 0.25) is 0 Å². The molecule has 0 saturated carbocycles. The van der Waals surface area contributed by atoms with Gasteiger partial charge in [0.25, 0.3) is 11.8 Å². The molecule has 0 saturated heterocycles. The lowest BCUT2D eigenvalue weighted by Crippen LogP contribution is -2.23. The van der Waals surface area contributed by atoms with Crippen LogP contribution in [0.5, 0.6) is 0 Å². The molecule has 19 heavy (non-hydrogen) atoms. The summed E-state index contributed by atoms with van der Waals surface area (Å²) in [5.41, 5.74) is 2.96. The Bertz CT molecular complexity index is 595. The van der Waals surface area contributed by atoms with E-state index in [2.05, 4.69) is 10.2 Å². The van der Waals surface area contributed by atoms with Crippen LogP contribution in [0.1, 0.15) is 38.8 Å². The maximum absolute atomic E-state index is 12.0. The van der Waals surface area contributed by atoms with Gasteiger partial charge in [0.05, 0.1) is 11.4 Å². The van der Waals surface area contributed by atoms with Gasteiger partial charge in [-0.1, -0.05) is 0 Å². The monoisotopic (exact) mass is 260 g/mol. The molecule has 0 aliphatic carbocycles. The third kappa shape index (κ3) is 2.62. The van der Waals surface area contributed by atoms with Crippen molar-refractivity contribution in [1.29, 1.82) is 0 Å². The summed E-state index contributed by atoms with van der Waals surface area (Å²) in [7, 11) is 0. The van der Waals surface area contributed by atoms with E-state index >= 15 is 0 Å². The zero-order chi connectivity index (χ0) is 14.2. The number of carbonyl (C=O) groups excluding carboxylic acids is 2. The second-order valence-electron chi connectivity index (χ2n) is 4.64. The minimum Gasteiger partial charge on any atom is -0.272 e. The lowest BCUT2D eigenvalue weighted by Gasteiger charge is -2.04. The van der Waals surface area contributed by atoms with Crippen LogP contribution in [0.4, 0.5) is 0 Å². The van der Waals surface area contributed by atoms with E-state index in [4.69, 9.17) is 0 Å². The van der Waals surface area contributed by atoms with E-state index in [0.29, 0.717) is 0 Å². The fourth-order valence-corrected chi connectivity index (χ4v) is 2.04. The van der Waals surface area contributed by atoms with E-state index in [1.54, 1.807) is 39.8 Å². The summed E-state index contributed by atoms with van der Waals surface area (Å²) >= 11 is 0. The quantitative estimate of drug-likeness (QED) is 0.770. The first-order chi connectivity index (χ1) is 8.88. The van der Waals surface area contributed by atoms with Crippen LogP contribution in [-0.2, 0) is 0 Å². The highest BCUT2D eigenvalue weighted by atomic mass is 16.2. The van der Waals surface area contributed by atoms with Gasteiger partial charge in [-0.3, -0.25) is 9.59 Å². The van der Waals surface area contributed by atoms with Gasteiger partial charge in [-0.2, -0.15) is 10.2 Å². The molecule has 0 aliphatic rings. The van der Waals surface area contributed by atoms with Crippen LogP contribution in [0.3, 0.4) is 0 Å². The molecular weight excluding hydrogens is 244 g/mol.